The Bertz CT molecular complexity index is 1010. The summed E-state index contributed by atoms with van der Waals surface area (Å²) in [6, 6.07) is -2.38. The summed E-state index contributed by atoms with van der Waals surface area (Å²) in [5.41, 5.74) is 0. The van der Waals surface area contributed by atoms with E-state index in [9.17, 15) is 40.2 Å². The van der Waals surface area contributed by atoms with Crippen molar-refractivity contribution in [2.45, 2.75) is 269 Å². The van der Waals surface area contributed by atoms with Crippen molar-refractivity contribution in [3.05, 3.63) is 0 Å². The van der Waals surface area contributed by atoms with Crippen LogP contribution in [0.5, 0.6) is 0 Å². The third kappa shape index (κ3) is 27.3. The van der Waals surface area contributed by atoms with Gasteiger partial charge in [0, 0.05) is 6.92 Å². The largest absolute Gasteiger partial charge is 0.394 e. The highest BCUT2D eigenvalue weighted by molar-refractivity contribution is 5.80. The molecule has 1 aliphatic heterocycles. The van der Waals surface area contributed by atoms with Crippen LogP contribution in [0.15, 0.2) is 0 Å². The Morgan fingerprint density at radius 3 is 1.47 bits per heavy atom. The quantitative estimate of drug-likeness (QED) is 0.0287. The monoisotopic (exact) mass is 845 g/mol. The first kappa shape index (κ1) is 55.6. The zero-order valence-electron chi connectivity index (χ0n) is 38.0. The first-order valence-corrected chi connectivity index (χ1v) is 24.3. The number of hydrogen-bond acceptors (Lipinski definition) is 10. The molecule has 0 aromatic heterocycles. The highest BCUT2D eigenvalue weighted by Gasteiger charge is 2.46. The highest BCUT2D eigenvalue weighted by Crippen LogP contribution is 2.24. The molecule has 0 radical (unpaired) electrons. The summed E-state index contributed by atoms with van der Waals surface area (Å²) in [6.07, 6.45) is 23.4. The van der Waals surface area contributed by atoms with Gasteiger partial charge in [-0.25, -0.2) is 0 Å². The molecule has 1 fully saturated rings. The molecule has 0 aromatic carbocycles. The minimum absolute atomic E-state index is 0.257. The molecule has 9 atom stereocenters. The van der Waals surface area contributed by atoms with E-state index in [0.29, 0.717) is 19.3 Å². The number of amides is 2. The maximum Gasteiger partial charge on any atom is 0.249 e. The number of rotatable bonds is 39. The van der Waals surface area contributed by atoms with Crippen molar-refractivity contribution in [3.63, 3.8) is 0 Å². The number of hydrogen-bond donors (Lipinski definition) is 8. The Morgan fingerprint density at radius 2 is 1.05 bits per heavy atom. The Labute approximate surface area is 359 Å². The van der Waals surface area contributed by atoms with Crippen molar-refractivity contribution in [1.82, 2.24) is 10.6 Å². The fraction of sp³-hybridized carbons (Fsp3) is 0.957. The lowest BCUT2D eigenvalue weighted by atomic mass is 9.96. The molecule has 0 aliphatic carbocycles. The van der Waals surface area contributed by atoms with E-state index < -0.39 is 80.0 Å². The Kier molecular flexibility index (Phi) is 34.1. The molecule has 2 amide bonds. The summed E-state index contributed by atoms with van der Waals surface area (Å²) in [5, 5.41) is 69.0. The molecule has 1 saturated heterocycles. The second kappa shape index (κ2) is 36.1. The normalized spacial score (nSPS) is 21.6. The van der Waals surface area contributed by atoms with Crippen LogP contribution in [0.2, 0.25) is 0 Å². The second-order valence-corrected chi connectivity index (χ2v) is 18.1. The van der Waals surface area contributed by atoms with Crippen LogP contribution in [0.4, 0.5) is 0 Å². The van der Waals surface area contributed by atoms with Crippen molar-refractivity contribution < 1.29 is 49.7 Å². The Hall–Kier alpha value is -1.38. The van der Waals surface area contributed by atoms with Gasteiger partial charge in [-0.2, -0.15) is 0 Å². The molecule has 12 heteroatoms. The molecule has 0 aromatic rings. The van der Waals surface area contributed by atoms with Gasteiger partial charge in [0.05, 0.1) is 25.4 Å². The molecule has 8 N–H and O–H groups in total. The average Bonchev–Trinajstić information content (AvgIpc) is 3.21. The summed E-state index contributed by atoms with van der Waals surface area (Å²) < 4.78 is 11.5. The van der Waals surface area contributed by atoms with Crippen LogP contribution in [0.3, 0.4) is 0 Å². The predicted molar refractivity (Wildman–Crippen MR) is 236 cm³/mol. The molecule has 1 heterocycles. The van der Waals surface area contributed by atoms with E-state index >= 15 is 0 Å². The van der Waals surface area contributed by atoms with Crippen LogP contribution in [-0.2, 0) is 19.1 Å². The van der Waals surface area contributed by atoms with Gasteiger partial charge in [0.25, 0.3) is 0 Å². The van der Waals surface area contributed by atoms with Gasteiger partial charge in [-0.1, -0.05) is 194 Å². The maximum absolute atomic E-state index is 13.2. The van der Waals surface area contributed by atoms with E-state index in [1.54, 1.807) is 0 Å². The van der Waals surface area contributed by atoms with E-state index in [1.807, 2.05) is 0 Å². The molecule has 0 bridgehead atoms. The predicted octanol–water partition coefficient (Wildman–Crippen LogP) is 7.50. The molecule has 1 rings (SSSR count). The fourth-order valence-electron chi connectivity index (χ4n) is 8.09. The summed E-state index contributed by atoms with van der Waals surface area (Å²) in [7, 11) is 0. The number of aliphatic hydroxyl groups is 6. The topological polar surface area (TPSA) is 198 Å². The van der Waals surface area contributed by atoms with Crippen LogP contribution in [0, 0.1) is 5.92 Å². The number of nitrogens with one attached hydrogen (secondary N) is 2. The lowest BCUT2D eigenvalue weighted by Gasteiger charge is -2.42. The smallest absolute Gasteiger partial charge is 0.249 e. The van der Waals surface area contributed by atoms with Crippen LogP contribution >= 0.6 is 0 Å². The highest BCUT2D eigenvalue weighted by atomic mass is 16.7. The minimum atomic E-state index is -1.53. The van der Waals surface area contributed by atoms with Gasteiger partial charge in [0.2, 0.25) is 11.8 Å². The van der Waals surface area contributed by atoms with E-state index in [1.165, 1.54) is 129 Å². The molecule has 12 nitrogen and oxygen atoms in total. The number of carbonyl (C=O) groups excluding carboxylic acids is 2. The third-order valence-corrected chi connectivity index (χ3v) is 12.0. The van der Waals surface area contributed by atoms with Crippen LogP contribution < -0.4 is 10.6 Å². The molecule has 1 aliphatic rings. The van der Waals surface area contributed by atoms with Crippen molar-refractivity contribution in [1.29, 1.82) is 0 Å². The minimum Gasteiger partial charge on any atom is -0.394 e. The van der Waals surface area contributed by atoms with E-state index in [0.717, 1.165) is 44.4 Å². The van der Waals surface area contributed by atoms with E-state index in [2.05, 4.69) is 31.4 Å². The molecule has 350 valence electrons. The van der Waals surface area contributed by atoms with Crippen molar-refractivity contribution in [3.8, 4) is 0 Å². The van der Waals surface area contributed by atoms with E-state index in [4.69, 9.17) is 9.47 Å². The average molecular weight is 845 g/mol. The van der Waals surface area contributed by atoms with Gasteiger partial charge in [0.15, 0.2) is 6.29 Å². The number of unbranched alkanes of at least 4 members (excludes halogenated alkanes) is 24. The zero-order valence-corrected chi connectivity index (χ0v) is 38.0. The number of carbonyl (C=O) groups is 2. The van der Waals surface area contributed by atoms with Crippen molar-refractivity contribution in [2.75, 3.05) is 13.2 Å². The molecular weight excluding hydrogens is 753 g/mol. The van der Waals surface area contributed by atoms with Crippen LogP contribution in [0.25, 0.3) is 0 Å². The number of ether oxygens (including phenoxy) is 2. The second-order valence-electron chi connectivity index (χ2n) is 18.1. The molecule has 0 unspecified atom stereocenters. The molecule has 0 saturated carbocycles. The van der Waals surface area contributed by atoms with Gasteiger partial charge in [-0.15, -0.1) is 0 Å². The Morgan fingerprint density at radius 1 is 0.627 bits per heavy atom. The van der Waals surface area contributed by atoms with Crippen molar-refractivity contribution >= 4 is 11.8 Å². The summed E-state index contributed by atoms with van der Waals surface area (Å²) in [6.45, 7) is 6.96. The van der Waals surface area contributed by atoms with Gasteiger partial charge in [-0.05, 0) is 18.8 Å². The zero-order chi connectivity index (χ0) is 43.7. The summed E-state index contributed by atoms with van der Waals surface area (Å²) in [4.78, 5) is 25.1. The van der Waals surface area contributed by atoms with E-state index in [-0.39, 0.29) is 6.42 Å². The fourth-order valence-corrected chi connectivity index (χ4v) is 8.09. The van der Waals surface area contributed by atoms with Gasteiger partial charge < -0.3 is 50.7 Å². The molecule has 0 spiro atoms. The van der Waals surface area contributed by atoms with Crippen molar-refractivity contribution in [2.24, 2.45) is 5.92 Å². The molecular formula is C47H92N2O10. The Balaban J connectivity index is 2.54. The lowest BCUT2D eigenvalue weighted by Crippen LogP contribution is -2.65. The van der Waals surface area contributed by atoms with Crippen LogP contribution in [0.1, 0.15) is 214 Å². The first-order chi connectivity index (χ1) is 28.4. The SMILES string of the molecule is CCCCCCCCCCCCCCCCCCCC[C@@H](O)C(=O)N[C@@H](CO[C@@H]1O[C@H](CO)[C@H](O)[C@@H](O)[C@H]1NC(C)=O)[C@@H](O)[C@H](O)CCCCCCCCCCC(C)C. The maximum atomic E-state index is 13.2. The standard InChI is InChI=1S/C47H92N2O10/c1-5-6-7-8-9-10-11-12-13-14-15-16-17-18-19-24-27-30-33-40(53)46(57)49-38(35-58-47-42(48-37(4)51)45(56)44(55)41(34-50)59-47)43(54)39(52)32-29-26-23-21-20-22-25-28-31-36(2)3/h36,38-45,47,50,52-56H,5-35H2,1-4H3,(H,48,51)(H,49,57)/t38-,39+,40+,41+,42+,43+,44-,45-,47+/m0/s1. The summed E-state index contributed by atoms with van der Waals surface area (Å²) in [5.74, 6) is -0.474. The number of aliphatic hydroxyl groups excluding tert-OH is 6. The van der Waals surface area contributed by atoms with Gasteiger partial charge in [-0.3, -0.25) is 9.59 Å². The third-order valence-electron chi connectivity index (χ3n) is 12.0. The van der Waals surface area contributed by atoms with Gasteiger partial charge >= 0.3 is 0 Å². The molecule has 59 heavy (non-hydrogen) atoms. The lowest BCUT2D eigenvalue weighted by molar-refractivity contribution is -0.272. The van der Waals surface area contributed by atoms with Gasteiger partial charge in [0.1, 0.15) is 36.6 Å². The summed E-state index contributed by atoms with van der Waals surface area (Å²) >= 11 is 0. The first-order valence-electron chi connectivity index (χ1n) is 24.3. The van der Waals surface area contributed by atoms with Crippen LogP contribution in [-0.4, -0.2) is 111 Å².